The Balaban J connectivity index is 0.00000392. The van der Waals surface area contributed by atoms with E-state index in [9.17, 15) is 13.2 Å². The molecule has 0 saturated heterocycles. The molecule has 0 saturated carbocycles. The second-order valence-electron chi connectivity index (χ2n) is 5.71. The SMILES string of the molecule is CCNC(=NCC#Cc1cccc(C(F)(F)F)c1)N(C)Cc1ncnn1C.I. The van der Waals surface area contributed by atoms with E-state index in [2.05, 4.69) is 32.2 Å². The zero-order valence-electron chi connectivity index (χ0n) is 15.8. The van der Waals surface area contributed by atoms with Gasteiger partial charge in [-0.1, -0.05) is 17.9 Å². The van der Waals surface area contributed by atoms with Crippen molar-refractivity contribution in [2.24, 2.45) is 12.0 Å². The lowest BCUT2D eigenvalue weighted by atomic mass is 10.1. The second kappa shape index (κ2) is 10.9. The Labute approximate surface area is 179 Å². The number of aromatic nitrogens is 3. The Morgan fingerprint density at radius 1 is 1.36 bits per heavy atom. The molecule has 10 heteroatoms. The molecule has 0 amide bonds. The lowest BCUT2D eigenvalue weighted by Crippen LogP contribution is -2.39. The largest absolute Gasteiger partial charge is 0.416 e. The highest BCUT2D eigenvalue weighted by molar-refractivity contribution is 14.0. The summed E-state index contributed by atoms with van der Waals surface area (Å²) in [5, 5.41) is 7.17. The van der Waals surface area contributed by atoms with Crippen LogP contribution in [0.1, 0.15) is 23.9 Å². The summed E-state index contributed by atoms with van der Waals surface area (Å²) in [7, 11) is 3.66. The molecule has 28 heavy (non-hydrogen) atoms. The summed E-state index contributed by atoms with van der Waals surface area (Å²) >= 11 is 0. The van der Waals surface area contributed by atoms with Crippen molar-refractivity contribution in [1.82, 2.24) is 25.0 Å². The summed E-state index contributed by atoms with van der Waals surface area (Å²) in [6, 6.07) is 4.93. The monoisotopic (exact) mass is 506 g/mol. The summed E-state index contributed by atoms with van der Waals surface area (Å²) < 4.78 is 39.8. The number of alkyl halides is 3. The third kappa shape index (κ3) is 7.03. The van der Waals surface area contributed by atoms with E-state index >= 15 is 0 Å². The minimum Gasteiger partial charge on any atom is -0.356 e. The van der Waals surface area contributed by atoms with E-state index in [4.69, 9.17) is 0 Å². The Morgan fingerprint density at radius 3 is 2.71 bits per heavy atom. The van der Waals surface area contributed by atoms with E-state index in [1.165, 1.54) is 18.5 Å². The zero-order chi connectivity index (χ0) is 19.9. The number of hydrogen-bond acceptors (Lipinski definition) is 3. The van der Waals surface area contributed by atoms with Crippen molar-refractivity contribution < 1.29 is 13.2 Å². The van der Waals surface area contributed by atoms with Crippen LogP contribution < -0.4 is 5.32 Å². The van der Waals surface area contributed by atoms with E-state index < -0.39 is 11.7 Å². The highest BCUT2D eigenvalue weighted by Crippen LogP contribution is 2.29. The van der Waals surface area contributed by atoms with E-state index in [0.717, 1.165) is 18.0 Å². The molecule has 0 aliphatic heterocycles. The predicted octanol–water partition coefficient (Wildman–Crippen LogP) is 2.90. The van der Waals surface area contributed by atoms with Gasteiger partial charge in [-0.15, -0.1) is 24.0 Å². The number of guanidine groups is 1. The summed E-state index contributed by atoms with van der Waals surface area (Å²) in [4.78, 5) is 10.4. The summed E-state index contributed by atoms with van der Waals surface area (Å²) in [6.45, 7) is 3.27. The molecule has 1 aromatic carbocycles. The van der Waals surface area contributed by atoms with Crippen LogP contribution in [0.3, 0.4) is 0 Å². The van der Waals surface area contributed by atoms with Crippen LogP contribution in [0, 0.1) is 11.8 Å². The van der Waals surface area contributed by atoms with Crippen LogP contribution in [0.15, 0.2) is 35.6 Å². The molecule has 6 nitrogen and oxygen atoms in total. The third-order valence-electron chi connectivity index (χ3n) is 3.61. The molecule has 1 N–H and O–H groups in total. The lowest BCUT2D eigenvalue weighted by Gasteiger charge is -2.21. The van der Waals surface area contributed by atoms with Crippen molar-refractivity contribution in [3.8, 4) is 11.8 Å². The van der Waals surface area contributed by atoms with Gasteiger partial charge < -0.3 is 10.2 Å². The number of nitrogens with zero attached hydrogens (tertiary/aromatic N) is 5. The van der Waals surface area contributed by atoms with E-state index in [1.54, 1.807) is 11.7 Å². The third-order valence-corrected chi connectivity index (χ3v) is 3.61. The van der Waals surface area contributed by atoms with Crippen LogP contribution in [-0.4, -0.2) is 45.8 Å². The molecule has 0 unspecified atom stereocenters. The van der Waals surface area contributed by atoms with Crippen molar-refractivity contribution in [1.29, 1.82) is 0 Å². The summed E-state index contributed by atoms with van der Waals surface area (Å²) in [5.41, 5.74) is -0.410. The summed E-state index contributed by atoms with van der Waals surface area (Å²) in [5.74, 6) is 6.91. The molecule has 0 radical (unpaired) electrons. The highest BCUT2D eigenvalue weighted by Gasteiger charge is 2.30. The molecule has 0 aliphatic rings. The predicted molar refractivity (Wildman–Crippen MR) is 112 cm³/mol. The zero-order valence-corrected chi connectivity index (χ0v) is 18.1. The first kappa shape index (κ1) is 23.7. The normalized spacial score (nSPS) is 11.3. The molecule has 0 bridgehead atoms. The molecule has 1 aromatic heterocycles. The van der Waals surface area contributed by atoms with Crippen LogP contribution >= 0.6 is 24.0 Å². The Kier molecular flexibility index (Phi) is 9.24. The van der Waals surface area contributed by atoms with Crippen LogP contribution in [0.2, 0.25) is 0 Å². The van der Waals surface area contributed by atoms with Gasteiger partial charge in [-0.05, 0) is 25.1 Å². The fraction of sp³-hybridized carbons (Fsp3) is 0.389. The first-order chi connectivity index (χ1) is 12.8. The molecule has 0 atom stereocenters. The minimum atomic E-state index is -4.38. The summed E-state index contributed by atoms with van der Waals surface area (Å²) in [6.07, 6.45) is -2.90. The first-order valence-electron chi connectivity index (χ1n) is 8.29. The fourth-order valence-electron chi connectivity index (χ4n) is 2.25. The molecule has 0 aliphatic carbocycles. The molecule has 152 valence electrons. The molecular formula is C18H22F3IN6. The Hall–Kier alpha value is -2.29. The lowest BCUT2D eigenvalue weighted by molar-refractivity contribution is -0.137. The molecule has 0 spiro atoms. The van der Waals surface area contributed by atoms with Crippen molar-refractivity contribution in [2.45, 2.75) is 19.6 Å². The van der Waals surface area contributed by atoms with E-state index in [1.807, 2.05) is 18.9 Å². The van der Waals surface area contributed by atoms with Gasteiger partial charge in [-0.2, -0.15) is 18.3 Å². The highest BCUT2D eigenvalue weighted by atomic mass is 127. The number of rotatable bonds is 4. The van der Waals surface area contributed by atoms with Crippen LogP contribution in [0.25, 0.3) is 0 Å². The molecule has 0 fully saturated rings. The Morgan fingerprint density at radius 2 is 2.11 bits per heavy atom. The average molecular weight is 506 g/mol. The maximum absolute atomic E-state index is 12.7. The molecule has 2 aromatic rings. The number of hydrogen-bond donors (Lipinski definition) is 1. The standard InChI is InChI=1S/C18H21F3N6.HI/c1-4-22-17(26(2)12-16-24-13-25-27(16)3)23-10-6-8-14-7-5-9-15(11-14)18(19,20)21;/h5,7,9,11,13H,4,10,12H2,1-3H3,(H,22,23);1H. The van der Waals surface area contributed by atoms with E-state index in [-0.39, 0.29) is 30.5 Å². The topological polar surface area (TPSA) is 58.3 Å². The smallest absolute Gasteiger partial charge is 0.356 e. The average Bonchev–Trinajstić information content (AvgIpc) is 3.02. The number of aliphatic imine (C=N–C) groups is 1. The number of benzene rings is 1. The fourth-order valence-corrected chi connectivity index (χ4v) is 2.25. The number of nitrogens with one attached hydrogen (secondary N) is 1. The molecule has 1 heterocycles. The maximum Gasteiger partial charge on any atom is 0.416 e. The van der Waals surface area contributed by atoms with Crippen LogP contribution in [0.4, 0.5) is 13.2 Å². The first-order valence-corrected chi connectivity index (χ1v) is 8.29. The van der Waals surface area contributed by atoms with Gasteiger partial charge in [0.25, 0.3) is 0 Å². The van der Waals surface area contributed by atoms with Crippen LogP contribution in [0.5, 0.6) is 0 Å². The van der Waals surface area contributed by atoms with Gasteiger partial charge in [-0.3, -0.25) is 4.68 Å². The minimum absolute atomic E-state index is 0. The van der Waals surface area contributed by atoms with Crippen molar-refractivity contribution in [3.05, 3.63) is 47.5 Å². The van der Waals surface area contributed by atoms with Crippen molar-refractivity contribution in [2.75, 3.05) is 20.1 Å². The quantitative estimate of drug-likeness (QED) is 0.300. The van der Waals surface area contributed by atoms with Gasteiger partial charge in [0.05, 0.1) is 12.1 Å². The number of halogens is 4. The van der Waals surface area contributed by atoms with Crippen molar-refractivity contribution >= 4 is 29.9 Å². The van der Waals surface area contributed by atoms with Gasteiger partial charge >= 0.3 is 6.18 Å². The van der Waals surface area contributed by atoms with Crippen molar-refractivity contribution in [3.63, 3.8) is 0 Å². The number of aryl methyl sites for hydroxylation is 1. The maximum atomic E-state index is 12.7. The van der Waals surface area contributed by atoms with Gasteiger partial charge in [0.1, 0.15) is 18.7 Å². The van der Waals surface area contributed by atoms with E-state index in [0.29, 0.717) is 24.6 Å². The Bertz CT molecular complexity index is 851. The van der Waals surface area contributed by atoms with Gasteiger partial charge in [0.2, 0.25) is 0 Å². The van der Waals surface area contributed by atoms with Gasteiger partial charge in [-0.25, -0.2) is 9.98 Å². The molecule has 2 rings (SSSR count). The molecular weight excluding hydrogens is 484 g/mol. The van der Waals surface area contributed by atoms with Crippen LogP contribution in [-0.2, 0) is 19.8 Å². The van der Waals surface area contributed by atoms with Gasteiger partial charge in [0.15, 0.2) is 5.96 Å². The van der Waals surface area contributed by atoms with Gasteiger partial charge in [0, 0.05) is 26.2 Å². The second-order valence-corrected chi connectivity index (χ2v) is 5.71.